The molecule has 2 nitrogen and oxygen atoms in total. The Kier molecular flexibility index (Phi) is 5.30. The summed E-state index contributed by atoms with van der Waals surface area (Å²) in [6.07, 6.45) is 9.80. The molecule has 3 unspecified atom stereocenters. The molecule has 1 N–H and O–H groups in total. The number of likely N-dealkylation sites (N-methyl/N-ethyl adjacent to an activating group) is 1. The third-order valence-electron chi connectivity index (χ3n) is 5.46. The minimum Gasteiger partial charge on any atom is -0.312 e. The summed E-state index contributed by atoms with van der Waals surface area (Å²) in [5.41, 5.74) is 0.467. The zero-order chi connectivity index (χ0) is 13.9. The molecule has 1 aliphatic carbocycles. The SMILES string of the molecule is CCCC1CCCCN1C1CCC(C)(C)C1NCC. The van der Waals surface area contributed by atoms with Gasteiger partial charge < -0.3 is 5.32 Å². The Hall–Kier alpha value is -0.0800. The minimum atomic E-state index is 0.467. The van der Waals surface area contributed by atoms with E-state index in [-0.39, 0.29) is 0 Å². The topological polar surface area (TPSA) is 15.3 Å². The number of nitrogens with one attached hydrogen (secondary N) is 1. The zero-order valence-corrected chi connectivity index (χ0v) is 13.5. The Balaban J connectivity index is 2.09. The Morgan fingerprint density at radius 2 is 1.95 bits per heavy atom. The predicted octanol–water partition coefficient (Wildman–Crippen LogP) is 3.81. The van der Waals surface area contributed by atoms with Gasteiger partial charge in [-0.15, -0.1) is 0 Å². The van der Waals surface area contributed by atoms with Gasteiger partial charge in [0, 0.05) is 18.1 Å². The fourth-order valence-electron chi connectivity index (χ4n) is 4.46. The minimum absolute atomic E-state index is 0.467. The second-order valence-electron chi connectivity index (χ2n) is 7.31. The number of likely N-dealkylation sites (tertiary alicyclic amines) is 1. The van der Waals surface area contributed by atoms with Crippen LogP contribution in [0.4, 0.5) is 0 Å². The van der Waals surface area contributed by atoms with Crippen molar-refractivity contribution in [3.05, 3.63) is 0 Å². The first-order valence-electron chi connectivity index (χ1n) is 8.59. The molecule has 0 aromatic heterocycles. The monoisotopic (exact) mass is 266 g/mol. The van der Waals surface area contributed by atoms with Gasteiger partial charge in [0.1, 0.15) is 0 Å². The van der Waals surface area contributed by atoms with Crippen LogP contribution in [0.1, 0.15) is 72.6 Å². The average Bonchev–Trinajstić information content (AvgIpc) is 2.67. The van der Waals surface area contributed by atoms with Crippen molar-refractivity contribution < 1.29 is 0 Å². The molecule has 0 amide bonds. The summed E-state index contributed by atoms with van der Waals surface area (Å²) in [4.78, 5) is 2.88. The second kappa shape index (κ2) is 6.58. The van der Waals surface area contributed by atoms with E-state index in [1.54, 1.807) is 0 Å². The molecular weight excluding hydrogens is 232 g/mol. The summed E-state index contributed by atoms with van der Waals surface area (Å²) in [5.74, 6) is 0. The van der Waals surface area contributed by atoms with Gasteiger partial charge in [-0.3, -0.25) is 4.90 Å². The zero-order valence-electron chi connectivity index (χ0n) is 13.5. The normalized spacial score (nSPS) is 35.7. The molecule has 2 heteroatoms. The van der Waals surface area contributed by atoms with E-state index in [9.17, 15) is 0 Å². The molecule has 2 aliphatic rings. The van der Waals surface area contributed by atoms with Crippen molar-refractivity contribution in [2.45, 2.75) is 90.8 Å². The average molecular weight is 266 g/mol. The van der Waals surface area contributed by atoms with Crippen LogP contribution >= 0.6 is 0 Å². The molecular formula is C17H34N2. The Labute approximate surface area is 120 Å². The van der Waals surface area contributed by atoms with E-state index in [4.69, 9.17) is 0 Å². The van der Waals surface area contributed by atoms with E-state index in [0.29, 0.717) is 11.5 Å². The van der Waals surface area contributed by atoms with E-state index in [2.05, 4.69) is 37.9 Å². The molecule has 1 aliphatic heterocycles. The van der Waals surface area contributed by atoms with E-state index in [1.807, 2.05) is 0 Å². The van der Waals surface area contributed by atoms with Gasteiger partial charge in [-0.1, -0.05) is 40.5 Å². The standard InChI is InChI=1S/C17H34N2/c1-5-9-14-10-7-8-13-19(14)15-11-12-17(3,4)16(15)18-6-2/h14-16,18H,5-13H2,1-4H3. The molecule has 1 saturated carbocycles. The smallest absolute Gasteiger partial charge is 0.0274 e. The van der Waals surface area contributed by atoms with Crippen LogP contribution in [0.5, 0.6) is 0 Å². The highest BCUT2D eigenvalue weighted by Gasteiger charge is 2.45. The van der Waals surface area contributed by atoms with Crippen LogP contribution in [0.15, 0.2) is 0 Å². The highest BCUT2D eigenvalue weighted by atomic mass is 15.2. The van der Waals surface area contributed by atoms with Gasteiger partial charge in [0.25, 0.3) is 0 Å². The van der Waals surface area contributed by atoms with Crippen LogP contribution in [0, 0.1) is 5.41 Å². The Morgan fingerprint density at radius 3 is 2.63 bits per heavy atom. The van der Waals surface area contributed by atoms with Gasteiger partial charge in [0.05, 0.1) is 0 Å². The van der Waals surface area contributed by atoms with Gasteiger partial charge in [0.2, 0.25) is 0 Å². The maximum absolute atomic E-state index is 3.80. The second-order valence-corrected chi connectivity index (χ2v) is 7.31. The lowest BCUT2D eigenvalue weighted by Gasteiger charge is -2.44. The molecule has 0 aromatic rings. The lowest BCUT2D eigenvalue weighted by molar-refractivity contribution is 0.0652. The van der Waals surface area contributed by atoms with Crippen molar-refractivity contribution in [1.82, 2.24) is 10.2 Å². The summed E-state index contributed by atoms with van der Waals surface area (Å²) in [7, 11) is 0. The van der Waals surface area contributed by atoms with Gasteiger partial charge in [-0.25, -0.2) is 0 Å². The van der Waals surface area contributed by atoms with E-state index < -0.39 is 0 Å². The first-order valence-corrected chi connectivity index (χ1v) is 8.59. The number of hydrogen-bond acceptors (Lipinski definition) is 2. The number of hydrogen-bond donors (Lipinski definition) is 1. The lowest BCUT2D eigenvalue weighted by Crippen LogP contribution is -2.55. The van der Waals surface area contributed by atoms with Crippen LogP contribution in [0.25, 0.3) is 0 Å². The van der Waals surface area contributed by atoms with Crippen molar-refractivity contribution in [1.29, 1.82) is 0 Å². The molecule has 0 spiro atoms. The summed E-state index contributed by atoms with van der Waals surface area (Å²) >= 11 is 0. The molecule has 1 saturated heterocycles. The van der Waals surface area contributed by atoms with Crippen molar-refractivity contribution >= 4 is 0 Å². The molecule has 0 bridgehead atoms. The molecule has 1 heterocycles. The van der Waals surface area contributed by atoms with Crippen LogP contribution in [0.3, 0.4) is 0 Å². The van der Waals surface area contributed by atoms with Crippen molar-refractivity contribution in [2.75, 3.05) is 13.1 Å². The van der Waals surface area contributed by atoms with Crippen LogP contribution in [0.2, 0.25) is 0 Å². The van der Waals surface area contributed by atoms with Crippen LogP contribution in [-0.2, 0) is 0 Å². The third-order valence-corrected chi connectivity index (χ3v) is 5.46. The maximum atomic E-state index is 3.80. The quantitative estimate of drug-likeness (QED) is 0.814. The van der Waals surface area contributed by atoms with Crippen molar-refractivity contribution in [3.63, 3.8) is 0 Å². The summed E-state index contributed by atoms with van der Waals surface area (Å²) in [6.45, 7) is 12.0. The van der Waals surface area contributed by atoms with Crippen LogP contribution in [-0.4, -0.2) is 36.1 Å². The van der Waals surface area contributed by atoms with Gasteiger partial charge in [-0.2, -0.15) is 0 Å². The van der Waals surface area contributed by atoms with Gasteiger partial charge in [0.15, 0.2) is 0 Å². The Bertz CT molecular complexity index is 272. The van der Waals surface area contributed by atoms with E-state index in [1.165, 1.54) is 51.5 Å². The van der Waals surface area contributed by atoms with Gasteiger partial charge >= 0.3 is 0 Å². The Morgan fingerprint density at radius 1 is 1.16 bits per heavy atom. The fraction of sp³-hybridized carbons (Fsp3) is 1.00. The fourth-order valence-corrected chi connectivity index (χ4v) is 4.46. The molecule has 112 valence electrons. The highest BCUT2D eigenvalue weighted by molar-refractivity contribution is 5.02. The summed E-state index contributed by atoms with van der Waals surface area (Å²) in [6, 6.07) is 2.33. The summed E-state index contributed by atoms with van der Waals surface area (Å²) < 4.78 is 0. The number of rotatable bonds is 5. The number of piperidine rings is 1. The molecule has 3 atom stereocenters. The largest absolute Gasteiger partial charge is 0.312 e. The maximum Gasteiger partial charge on any atom is 0.0274 e. The molecule has 0 radical (unpaired) electrons. The first-order chi connectivity index (χ1) is 9.10. The highest BCUT2D eigenvalue weighted by Crippen LogP contribution is 2.42. The number of nitrogens with zero attached hydrogens (tertiary/aromatic N) is 1. The van der Waals surface area contributed by atoms with Crippen LogP contribution < -0.4 is 5.32 Å². The third kappa shape index (κ3) is 3.33. The molecule has 2 fully saturated rings. The van der Waals surface area contributed by atoms with E-state index >= 15 is 0 Å². The van der Waals surface area contributed by atoms with Crippen molar-refractivity contribution in [3.8, 4) is 0 Å². The molecule has 2 rings (SSSR count). The van der Waals surface area contributed by atoms with Gasteiger partial charge in [-0.05, 0) is 50.6 Å². The summed E-state index contributed by atoms with van der Waals surface area (Å²) in [5, 5.41) is 3.80. The van der Waals surface area contributed by atoms with Crippen molar-refractivity contribution in [2.24, 2.45) is 5.41 Å². The lowest BCUT2D eigenvalue weighted by atomic mass is 9.85. The molecule has 19 heavy (non-hydrogen) atoms. The predicted molar refractivity (Wildman–Crippen MR) is 83.5 cm³/mol. The first kappa shape index (κ1) is 15.3. The van der Waals surface area contributed by atoms with E-state index in [0.717, 1.165) is 18.6 Å². The molecule has 0 aromatic carbocycles.